The average Bonchev–Trinajstić information content (AvgIpc) is 3.39. The van der Waals surface area contributed by atoms with Crippen molar-refractivity contribution in [2.45, 2.75) is 25.1 Å². The first-order chi connectivity index (χ1) is 14.2. The molecule has 0 bridgehead atoms. The van der Waals surface area contributed by atoms with Gasteiger partial charge in [0, 0.05) is 22.7 Å². The van der Waals surface area contributed by atoms with Crippen LogP contribution in [0.25, 0.3) is 0 Å². The van der Waals surface area contributed by atoms with Crippen molar-refractivity contribution in [2.75, 3.05) is 25.1 Å². The van der Waals surface area contributed by atoms with Gasteiger partial charge in [0.2, 0.25) is 0 Å². The van der Waals surface area contributed by atoms with E-state index in [4.69, 9.17) is 19.4 Å². The van der Waals surface area contributed by atoms with Crippen LogP contribution in [0.3, 0.4) is 0 Å². The summed E-state index contributed by atoms with van der Waals surface area (Å²) < 4.78 is 42.8. The molecule has 0 radical (unpaired) electrons. The Bertz CT molecular complexity index is 910. The summed E-state index contributed by atoms with van der Waals surface area (Å²) in [7, 11) is 0. The van der Waals surface area contributed by atoms with Crippen molar-refractivity contribution < 1.29 is 37.3 Å². The zero-order valence-corrected chi connectivity index (χ0v) is 16.4. The molecular formula is C19H19F3N2O5S. The molecule has 2 aliphatic heterocycles. The Kier molecular flexibility index (Phi) is 6.83. The fourth-order valence-corrected chi connectivity index (χ4v) is 3.92. The predicted octanol–water partition coefficient (Wildman–Crippen LogP) is 3.83. The summed E-state index contributed by atoms with van der Waals surface area (Å²) in [6.45, 7) is 2.15. The number of halogens is 3. The quantitative estimate of drug-likeness (QED) is 0.666. The van der Waals surface area contributed by atoms with Crippen LogP contribution in [-0.2, 0) is 4.79 Å². The SMILES string of the molecule is O=C(Nc1ccc2c(c1)OCCO2)c1ccc(C2CCCN2)s1.O=C(O)C(F)(F)F. The summed E-state index contributed by atoms with van der Waals surface area (Å²) in [4.78, 5) is 23.3. The fourth-order valence-electron chi connectivity index (χ4n) is 2.90. The van der Waals surface area contributed by atoms with Crippen molar-refractivity contribution in [3.8, 4) is 11.5 Å². The second-order valence-electron chi connectivity index (χ2n) is 6.47. The molecule has 30 heavy (non-hydrogen) atoms. The van der Waals surface area contributed by atoms with Crippen LogP contribution in [0.15, 0.2) is 30.3 Å². The van der Waals surface area contributed by atoms with Crippen LogP contribution >= 0.6 is 11.3 Å². The van der Waals surface area contributed by atoms with Gasteiger partial charge in [-0.05, 0) is 43.7 Å². The van der Waals surface area contributed by atoms with Gasteiger partial charge in [-0.3, -0.25) is 4.79 Å². The molecule has 0 spiro atoms. The van der Waals surface area contributed by atoms with Crippen molar-refractivity contribution >= 4 is 28.9 Å². The number of alkyl halides is 3. The number of fused-ring (bicyclic) bond motifs is 1. The van der Waals surface area contributed by atoms with E-state index in [1.54, 1.807) is 17.4 Å². The minimum atomic E-state index is -5.08. The minimum absolute atomic E-state index is 0.0871. The number of hydrogen-bond donors (Lipinski definition) is 3. The maximum absolute atomic E-state index is 12.4. The molecule has 7 nitrogen and oxygen atoms in total. The number of carboxylic acid groups (broad SMARTS) is 1. The predicted molar refractivity (Wildman–Crippen MR) is 103 cm³/mol. The van der Waals surface area contributed by atoms with Gasteiger partial charge in [-0.15, -0.1) is 11.3 Å². The third-order valence-electron chi connectivity index (χ3n) is 4.30. The molecule has 1 aromatic heterocycles. The summed E-state index contributed by atoms with van der Waals surface area (Å²) in [5.74, 6) is -1.44. The minimum Gasteiger partial charge on any atom is -0.486 e. The van der Waals surface area contributed by atoms with E-state index in [2.05, 4.69) is 10.6 Å². The number of rotatable bonds is 3. The highest BCUT2D eigenvalue weighted by Gasteiger charge is 2.38. The topological polar surface area (TPSA) is 96.9 Å². The van der Waals surface area contributed by atoms with Crippen molar-refractivity contribution in [3.63, 3.8) is 0 Å². The first-order valence-corrected chi connectivity index (χ1v) is 9.90. The summed E-state index contributed by atoms with van der Waals surface area (Å²) in [5, 5.41) is 13.5. The maximum atomic E-state index is 12.4. The normalized spacial score (nSPS) is 17.6. The molecule has 4 rings (SSSR count). The number of hydrogen-bond acceptors (Lipinski definition) is 6. The number of ether oxygens (including phenoxy) is 2. The van der Waals surface area contributed by atoms with E-state index in [1.807, 2.05) is 24.3 Å². The maximum Gasteiger partial charge on any atom is 0.490 e. The van der Waals surface area contributed by atoms with Crippen LogP contribution in [0.1, 0.15) is 33.4 Å². The molecule has 1 atom stereocenters. The number of amides is 1. The standard InChI is InChI=1S/C17H18N2O3S.C2HF3O2/c20-17(16-6-5-15(23-16)12-2-1-7-18-12)19-11-3-4-13-14(10-11)22-9-8-21-13;3-2(4,5)1(6)7/h3-6,10,12,18H,1-2,7-9H2,(H,19,20);(H,6,7). The Morgan fingerprint density at radius 1 is 1.13 bits per heavy atom. The second kappa shape index (κ2) is 9.35. The van der Waals surface area contributed by atoms with Crippen LogP contribution in [0.4, 0.5) is 18.9 Å². The number of anilines is 1. The fraction of sp³-hybridized carbons (Fsp3) is 0.368. The summed E-state index contributed by atoms with van der Waals surface area (Å²) in [6, 6.07) is 9.81. The highest BCUT2D eigenvalue weighted by Crippen LogP contribution is 2.33. The van der Waals surface area contributed by atoms with E-state index in [-0.39, 0.29) is 5.91 Å². The summed E-state index contributed by atoms with van der Waals surface area (Å²) >= 11 is 1.56. The van der Waals surface area contributed by atoms with Gasteiger partial charge in [-0.25, -0.2) is 4.79 Å². The van der Waals surface area contributed by atoms with Crippen LogP contribution < -0.4 is 20.1 Å². The molecule has 1 unspecified atom stereocenters. The molecule has 1 aromatic carbocycles. The number of benzene rings is 1. The van der Waals surface area contributed by atoms with Gasteiger partial charge in [-0.1, -0.05) is 0 Å². The zero-order chi connectivity index (χ0) is 21.7. The zero-order valence-electron chi connectivity index (χ0n) is 15.6. The highest BCUT2D eigenvalue weighted by molar-refractivity contribution is 7.14. The molecule has 3 heterocycles. The molecule has 0 aliphatic carbocycles. The molecule has 0 saturated carbocycles. The van der Waals surface area contributed by atoms with Gasteiger partial charge < -0.3 is 25.2 Å². The molecule has 11 heteroatoms. The number of carbonyl (C=O) groups excluding carboxylic acids is 1. The van der Waals surface area contributed by atoms with Crippen LogP contribution in [0.2, 0.25) is 0 Å². The Hall–Kier alpha value is -2.79. The third-order valence-corrected chi connectivity index (χ3v) is 5.49. The largest absolute Gasteiger partial charge is 0.490 e. The van der Waals surface area contributed by atoms with Gasteiger partial charge in [0.1, 0.15) is 13.2 Å². The van der Waals surface area contributed by atoms with Gasteiger partial charge in [0.25, 0.3) is 5.91 Å². The number of nitrogens with one attached hydrogen (secondary N) is 2. The van der Waals surface area contributed by atoms with Gasteiger partial charge in [-0.2, -0.15) is 13.2 Å². The Morgan fingerprint density at radius 2 is 1.83 bits per heavy atom. The third kappa shape index (κ3) is 5.63. The number of thiophene rings is 1. The van der Waals surface area contributed by atoms with Crippen LogP contribution in [0.5, 0.6) is 11.5 Å². The molecule has 1 amide bonds. The average molecular weight is 444 g/mol. The van der Waals surface area contributed by atoms with E-state index in [9.17, 15) is 18.0 Å². The Labute approximate surface area is 173 Å². The Morgan fingerprint density at radius 3 is 2.47 bits per heavy atom. The summed E-state index contributed by atoms with van der Waals surface area (Å²) in [5.41, 5.74) is 0.716. The van der Waals surface area contributed by atoms with Crippen LogP contribution in [0, 0.1) is 0 Å². The number of carboxylic acids is 1. The molecule has 3 N–H and O–H groups in total. The first kappa shape index (κ1) is 21.9. The monoisotopic (exact) mass is 444 g/mol. The number of carbonyl (C=O) groups is 2. The lowest BCUT2D eigenvalue weighted by molar-refractivity contribution is -0.192. The van der Waals surface area contributed by atoms with Crippen molar-refractivity contribution in [3.05, 3.63) is 40.1 Å². The summed E-state index contributed by atoms with van der Waals surface area (Å²) in [6.07, 6.45) is -2.75. The molecule has 2 aromatic rings. The van der Waals surface area contributed by atoms with E-state index in [0.717, 1.165) is 23.6 Å². The van der Waals surface area contributed by atoms with Crippen molar-refractivity contribution in [2.24, 2.45) is 0 Å². The van der Waals surface area contributed by atoms with E-state index < -0.39 is 12.1 Å². The first-order valence-electron chi connectivity index (χ1n) is 9.08. The van der Waals surface area contributed by atoms with Crippen LogP contribution in [-0.4, -0.2) is 42.9 Å². The second-order valence-corrected chi connectivity index (χ2v) is 7.58. The molecule has 1 saturated heterocycles. The van der Waals surface area contributed by atoms with E-state index >= 15 is 0 Å². The smallest absolute Gasteiger partial charge is 0.486 e. The molecule has 2 aliphatic rings. The van der Waals surface area contributed by atoms with Crippen molar-refractivity contribution in [1.29, 1.82) is 0 Å². The highest BCUT2D eigenvalue weighted by atomic mass is 32.1. The lowest BCUT2D eigenvalue weighted by Crippen LogP contribution is -2.21. The van der Waals surface area contributed by atoms with E-state index in [0.29, 0.717) is 30.7 Å². The lowest BCUT2D eigenvalue weighted by atomic mass is 10.2. The Balaban J connectivity index is 0.000000318. The lowest BCUT2D eigenvalue weighted by Gasteiger charge is -2.18. The molecular weight excluding hydrogens is 425 g/mol. The van der Waals surface area contributed by atoms with Crippen molar-refractivity contribution in [1.82, 2.24) is 5.32 Å². The van der Waals surface area contributed by atoms with Gasteiger partial charge in [0.05, 0.1) is 4.88 Å². The van der Waals surface area contributed by atoms with Gasteiger partial charge in [0.15, 0.2) is 11.5 Å². The molecule has 162 valence electrons. The molecule has 1 fully saturated rings. The van der Waals surface area contributed by atoms with E-state index in [1.165, 1.54) is 11.3 Å². The number of aliphatic carboxylic acids is 1. The van der Waals surface area contributed by atoms with Gasteiger partial charge >= 0.3 is 12.1 Å².